The predicted octanol–water partition coefficient (Wildman–Crippen LogP) is 3.12. The number of hydrogen-bond donors (Lipinski definition) is 1. The van der Waals surface area contributed by atoms with Gasteiger partial charge in [-0.3, -0.25) is 4.72 Å². The molecule has 0 unspecified atom stereocenters. The van der Waals surface area contributed by atoms with Gasteiger partial charge in [-0.05, 0) is 24.3 Å². The summed E-state index contributed by atoms with van der Waals surface area (Å²) in [5.74, 6) is -1.62. The van der Waals surface area contributed by atoms with E-state index in [0.29, 0.717) is 11.5 Å². The fourth-order valence-corrected chi connectivity index (χ4v) is 3.09. The fourth-order valence-electron chi connectivity index (χ4n) is 1.99. The van der Waals surface area contributed by atoms with Crippen molar-refractivity contribution in [2.75, 3.05) is 4.72 Å². The smallest absolute Gasteiger partial charge is 0.261 e. The van der Waals surface area contributed by atoms with Gasteiger partial charge in [-0.1, -0.05) is 17.3 Å². The van der Waals surface area contributed by atoms with Crippen molar-refractivity contribution in [3.05, 3.63) is 60.0 Å². The second kappa shape index (κ2) is 6.00. The zero-order valence-electron chi connectivity index (χ0n) is 12.3. The second-order valence-electron chi connectivity index (χ2n) is 4.90. The van der Waals surface area contributed by atoms with E-state index in [-0.39, 0.29) is 16.4 Å². The number of nitrogens with one attached hydrogen (secondary N) is 1. The van der Waals surface area contributed by atoms with Gasteiger partial charge in [0.1, 0.15) is 0 Å². The van der Waals surface area contributed by atoms with Gasteiger partial charge in [0, 0.05) is 18.6 Å². The Bertz CT molecular complexity index is 1000. The largest absolute Gasteiger partial charge is 0.339 e. The van der Waals surface area contributed by atoms with Gasteiger partial charge in [0.2, 0.25) is 11.7 Å². The maximum Gasteiger partial charge on any atom is 0.261 e. The zero-order valence-corrected chi connectivity index (χ0v) is 13.1. The van der Waals surface area contributed by atoms with Gasteiger partial charge in [-0.15, -0.1) is 0 Å². The molecule has 0 amide bonds. The Balaban J connectivity index is 1.93. The van der Waals surface area contributed by atoms with Crippen LogP contribution < -0.4 is 4.72 Å². The number of halogens is 2. The molecule has 0 aliphatic carbocycles. The quantitative estimate of drug-likeness (QED) is 0.781. The first-order valence-corrected chi connectivity index (χ1v) is 8.22. The topological polar surface area (TPSA) is 85.1 Å². The number of nitrogens with zero attached hydrogens (tertiary/aromatic N) is 2. The molecule has 0 atom stereocenters. The van der Waals surface area contributed by atoms with Gasteiger partial charge in [-0.2, -0.15) is 4.98 Å². The molecule has 0 spiro atoms. The molecule has 0 bridgehead atoms. The Hall–Kier alpha value is -2.81. The minimum atomic E-state index is -3.99. The number of hydrogen-bond acceptors (Lipinski definition) is 5. The monoisotopic (exact) mass is 351 g/mol. The third kappa shape index (κ3) is 3.25. The minimum Gasteiger partial charge on any atom is -0.339 e. The van der Waals surface area contributed by atoms with E-state index in [1.807, 2.05) is 0 Å². The van der Waals surface area contributed by atoms with E-state index in [1.165, 1.54) is 18.2 Å². The van der Waals surface area contributed by atoms with E-state index in [4.69, 9.17) is 4.52 Å². The third-order valence-corrected chi connectivity index (χ3v) is 4.48. The highest BCUT2D eigenvalue weighted by molar-refractivity contribution is 7.92. The average molecular weight is 351 g/mol. The summed E-state index contributed by atoms with van der Waals surface area (Å²) in [7, 11) is -3.99. The second-order valence-corrected chi connectivity index (χ2v) is 6.58. The minimum absolute atomic E-state index is 0.0767. The van der Waals surface area contributed by atoms with Gasteiger partial charge in [-0.25, -0.2) is 17.2 Å². The molecule has 6 nitrogen and oxygen atoms in total. The number of aryl methyl sites for hydroxylation is 1. The molecule has 0 saturated heterocycles. The molecule has 3 rings (SSSR count). The Labute approximate surface area is 136 Å². The van der Waals surface area contributed by atoms with E-state index in [0.717, 1.165) is 18.2 Å². The van der Waals surface area contributed by atoms with Crippen molar-refractivity contribution in [1.82, 2.24) is 10.1 Å². The van der Waals surface area contributed by atoms with Crippen LogP contribution in [0.2, 0.25) is 0 Å². The highest BCUT2D eigenvalue weighted by atomic mass is 32.2. The summed E-state index contributed by atoms with van der Waals surface area (Å²) in [5, 5.41) is 3.72. The summed E-state index contributed by atoms with van der Waals surface area (Å²) in [6, 6.07) is 8.58. The highest BCUT2D eigenvalue weighted by Gasteiger charge is 2.17. The summed E-state index contributed by atoms with van der Waals surface area (Å²) in [6.07, 6.45) is 0. The van der Waals surface area contributed by atoms with Gasteiger partial charge < -0.3 is 4.52 Å². The standard InChI is InChI=1S/C15H11F2N3O3S/c1-9-18-15(19-23-9)10-3-2-4-12(7-10)24(21,22)20-11-5-6-13(16)14(17)8-11/h2-8,20H,1H3. The molecule has 0 radical (unpaired) electrons. The van der Waals surface area contributed by atoms with Gasteiger partial charge in [0.15, 0.2) is 11.6 Å². The molecule has 2 aromatic carbocycles. The molecule has 0 fully saturated rings. The number of benzene rings is 2. The number of aromatic nitrogens is 2. The van der Waals surface area contributed by atoms with Crippen LogP contribution >= 0.6 is 0 Å². The number of anilines is 1. The average Bonchev–Trinajstić information content (AvgIpc) is 2.97. The van der Waals surface area contributed by atoms with Crippen LogP contribution in [0.5, 0.6) is 0 Å². The van der Waals surface area contributed by atoms with E-state index in [2.05, 4.69) is 14.9 Å². The van der Waals surface area contributed by atoms with Crippen LogP contribution in [0.25, 0.3) is 11.4 Å². The summed E-state index contributed by atoms with van der Waals surface area (Å²) in [5.41, 5.74) is 0.356. The van der Waals surface area contributed by atoms with Crippen molar-refractivity contribution in [3.63, 3.8) is 0 Å². The van der Waals surface area contributed by atoms with Crippen LogP contribution in [0.1, 0.15) is 5.89 Å². The van der Waals surface area contributed by atoms with E-state index in [9.17, 15) is 17.2 Å². The molecule has 9 heteroatoms. The van der Waals surface area contributed by atoms with Gasteiger partial charge >= 0.3 is 0 Å². The molecule has 0 aliphatic rings. The first-order valence-electron chi connectivity index (χ1n) is 6.74. The first kappa shape index (κ1) is 16.1. The molecular formula is C15H11F2N3O3S. The van der Waals surface area contributed by atoms with Crippen molar-refractivity contribution in [3.8, 4) is 11.4 Å². The van der Waals surface area contributed by atoms with Crippen LogP contribution in [0.3, 0.4) is 0 Å². The van der Waals surface area contributed by atoms with Crippen LogP contribution in [-0.2, 0) is 10.0 Å². The molecule has 1 heterocycles. The van der Waals surface area contributed by atoms with Crippen LogP contribution in [0.15, 0.2) is 51.9 Å². The molecule has 124 valence electrons. The Morgan fingerprint density at radius 1 is 1.08 bits per heavy atom. The van der Waals surface area contributed by atoms with Crippen LogP contribution in [-0.4, -0.2) is 18.6 Å². The lowest BCUT2D eigenvalue weighted by Crippen LogP contribution is -2.13. The van der Waals surface area contributed by atoms with Crippen LogP contribution in [0, 0.1) is 18.6 Å². The molecule has 1 N–H and O–H groups in total. The SMILES string of the molecule is Cc1nc(-c2cccc(S(=O)(=O)Nc3ccc(F)c(F)c3)c2)no1. The zero-order chi connectivity index (χ0) is 17.3. The van der Waals surface area contributed by atoms with Crippen molar-refractivity contribution >= 4 is 15.7 Å². The first-order chi connectivity index (χ1) is 11.3. The lowest BCUT2D eigenvalue weighted by Gasteiger charge is -2.09. The Morgan fingerprint density at radius 3 is 2.54 bits per heavy atom. The molecule has 3 aromatic rings. The van der Waals surface area contributed by atoms with Crippen LogP contribution in [0.4, 0.5) is 14.5 Å². The summed E-state index contributed by atoms with van der Waals surface area (Å²) in [4.78, 5) is 3.95. The van der Waals surface area contributed by atoms with Crippen molar-refractivity contribution < 1.29 is 21.7 Å². The third-order valence-electron chi connectivity index (χ3n) is 3.10. The van der Waals surface area contributed by atoms with Crippen molar-refractivity contribution in [2.24, 2.45) is 0 Å². The Kier molecular flexibility index (Phi) is 4.02. The normalized spacial score (nSPS) is 11.5. The van der Waals surface area contributed by atoms with E-state index in [1.54, 1.807) is 13.0 Å². The maximum absolute atomic E-state index is 13.2. The summed E-state index contributed by atoms with van der Waals surface area (Å²) < 4.78 is 58.0. The number of rotatable bonds is 4. The molecular weight excluding hydrogens is 340 g/mol. The van der Waals surface area contributed by atoms with Gasteiger partial charge in [0.25, 0.3) is 10.0 Å². The highest BCUT2D eigenvalue weighted by Crippen LogP contribution is 2.22. The lowest BCUT2D eigenvalue weighted by molar-refractivity contribution is 0.394. The molecule has 0 aliphatic heterocycles. The molecule has 0 saturated carbocycles. The number of sulfonamides is 1. The van der Waals surface area contributed by atoms with Crippen molar-refractivity contribution in [2.45, 2.75) is 11.8 Å². The fraction of sp³-hybridized carbons (Fsp3) is 0.0667. The van der Waals surface area contributed by atoms with Gasteiger partial charge in [0.05, 0.1) is 10.6 Å². The predicted molar refractivity (Wildman–Crippen MR) is 81.6 cm³/mol. The maximum atomic E-state index is 13.2. The van der Waals surface area contributed by atoms with Crippen molar-refractivity contribution in [1.29, 1.82) is 0 Å². The lowest BCUT2D eigenvalue weighted by atomic mass is 10.2. The molecule has 1 aromatic heterocycles. The van der Waals surface area contributed by atoms with E-state index < -0.39 is 21.7 Å². The Morgan fingerprint density at radius 2 is 1.88 bits per heavy atom. The van der Waals surface area contributed by atoms with E-state index >= 15 is 0 Å². The molecule has 24 heavy (non-hydrogen) atoms. The summed E-state index contributed by atoms with van der Waals surface area (Å²) >= 11 is 0. The summed E-state index contributed by atoms with van der Waals surface area (Å²) in [6.45, 7) is 1.61.